The molecule has 0 aromatic heterocycles. The number of unbranched alkanes of at least 4 members (excludes halogenated alkanes) is 1. The minimum atomic E-state index is -0.375. The van der Waals surface area contributed by atoms with Gasteiger partial charge in [-0.15, -0.1) is 12.4 Å². The quantitative estimate of drug-likeness (QED) is 0.559. The Morgan fingerprint density at radius 3 is 2.63 bits per heavy atom. The van der Waals surface area contributed by atoms with Gasteiger partial charge >= 0.3 is 6.09 Å². The summed E-state index contributed by atoms with van der Waals surface area (Å²) in [5, 5.41) is 2.86. The largest absolute Gasteiger partial charge is 0.494 e. The Morgan fingerprint density at radius 1 is 1.19 bits per heavy atom. The van der Waals surface area contributed by atoms with Crippen molar-refractivity contribution in [2.45, 2.75) is 71.4 Å². The van der Waals surface area contributed by atoms with Gasteiger partial charge < -0.3 is 9.47 Å². The van der Waals surface area contributed by atoms with Gasteiger partial charge in [-0.05, 0) is 50.9 Å². The molecule has 27 heavy (non-hydrogen) atoms. The zero-order valence-corrected chi connectivity index (χ0v) is 17.7. The third kappa shape index (κ3) is 7.59. The summed E-state index contributed by atoms with van der Waals surface area (Å²) in [5.41, 5.74) is 0.708. The van der Waals surface area contributed by atoms with Crippen molar-refractivity contribution in [3.05, 3.63) is 24.3 Å². The van der Waals surface area contributed by atoms with Crippen LogP contribution < -0.4 is 10.1 Å². The van der Waals surface area contributed by atoms with Gasteiger partial charge in [-0.2, -0.15) is 0 Å². The zero-order chi connectivity index (χ0) is 18.8. The molecule has 1 aromatic carbocycles. The Balaban J connectivity index is 0.00000364. The summed E-state index contributed by atoms with van der Waals surface area (Å²) in [6, 6.07) is 7.82. The highest BCUT2D eigenvalue weighted by molar-refractivity contribution is 5.85. The lowest BCUT2D eigenvalue weighted by Crippen LogP contribution is -2.47. The fraction of sp³-hybridized carbons (Fsp3) is 0.667. The van der Waals surface area contributed by atoms with Crippen LogP contribution >= 0.6 is 12.4 Å². The SMILES string of the molecule is CCCCOc1cccc(NC(=O)O[C@H]2CCCC[C@@H]2N(CC)CC)c1.Cl. The number of nitrogens with one attached hydrogen (secondary N) is 1. The standard InChI is InChI=1S/C21H34N2O3.ClH/c1-4-7-15-25-18-12-10-11-17(16-18)22-21(24)26-20-14-9-8-13-19(20)23(5-2)6-3;/h10-12,16,19-20H,4-9,13-15H2,1-3H3,(H,22,24);1H/t19-,20-;/m0./s1. The summed E-state index contributed by atoms with van der Waals surface area (Å²) < 4.78 is 11.5. The van der Waals surface area contributed by atoms with Gasteiger partial charge in [0.1, 0.15) is 11.9 Å². The van der Waals surface area contributed by atoms with Crippen LogP contribution in [0, 0.1) is 0 Å². The first-order valence-electron chi connectivity index (χ1n) is 10.1. The topological polar surface area (TPSA) is 50.8 Å². The van der Waals surface area contributed by atoms with Gasteiger partial charge in [0.2, 0.25) is 0 Å². The second-order valence-corrected chi connectivity index (χ2v) is 6.87. The number of ether oxygens (including phenoxy) is 2. The average molecular weight is 399 g/mol. The molecule has 1 aliphatic carbocycles. The number of benzene rings is 1. The van der Waals surface area contributed by atoms with Crippen molar-refractivity contribution in [1.29, 1.82) is 0 Å². The van der Waals surface area contributed by atoms with E-state index < -0.39 is 0 Å². The third-order valence-electron chi connectivity index (χ3n) is 5.05. The normalized spacial score (nSPS) is 19.3. The molecule has 1 saturated carbocycles. The highest BCUT2D eigenvalue weighted by atomic mass is 35.5. The van der Waals surface area contributed by atoms with Crippen LogP contribution in [0.5, 0.6) is 5.75 Å². The predicted molar refractivity (Wildman–Crippen MR) is 113 cm³/mol. The maximum atomic E-state index is 12.4. The smallest absolute Gasteiger partial charge is 0.411 e. The van der Waals surface area contributed by atoms with Gasteiger partial charge in [0.25, 0.3) is 0 Å². The van der Waals surface area contributed by atoms with Crippen molar-refractivity contribution in [2.24, 2.45) is 0 Å². The lowest BCUT2D eigenvalue weighted by molar-refractivity contribution is 0.0125. The molecule has 0 radical (unpaired) electrons. The summed E-state index contributed by atoms with van der Waals surface area (Å²) in [4.78, 5) is 14.8. The van der Waals surface area contributed by atoms with Crippen molar-refractivity contribution in [3.63, 3.8) is 0 Å². The Bertz CT molecular complexity index is 552. The predicted octanol–water partition coefficient (Wildman–Crippen LogP) is 5.49. The van der Waals surface area contributed by atoms with Crippen LogP contribution in [0.15, 0.2) is 24.3 Å². The Hall–Kier alpha value is -1.46. The lowest BCUT2D eigenvalue weighted by atomic mass is 9.91. The minimum absolute atomic E-state index is 0. The van der Waals surface area contributed by atoms with Gasteiger partial charge in [0.15, 0.2) is 0 Å². The first kappa shape index (κ1) is 23.6. The molecule has 0 spiro atoms. The maximum absolute atomic E-state index is 12.4. The van der Waals surface area contributed by atoms with Gasteiger partial charge in [-0.25, -0.2) is 4.79 Å². The first-order valence-corrected chi connectivity index (χ1v) is 10.1. The molecular weight excluding hydrogens is 364 g/mol. The zero-order valence-electron chi connectivity index (χ0n) is 16.9. The van der Waals surface area contributed by atoms with Crippen molar-refractivity contribution < 1.29 is 14.3 Å². The van der Waals surface area contributed by atoms with E-state index in [0.717, 1.165) is 50.9 Å². The highest BCUT2D eigenvalue weighted by Gasteiger charge is 2.31. The van der Waals surface area contributed by atoms with Crippen molar-refractivity contribution >= 4 is 24.2 Å². The van der Waals surface area contributed by atoms with E-state index in [1.54, 1.807) is 0 Å². The Morgan fingerprint density at radius 2 is 1.93 bits per heavy atom. The highest BCUT2D eigenvalue weighted by Crippen LogP contribution is 2.26. The van der Waals surface area contributed by atoms with E-state index in [-0.39, 0.29) is 24.6 Å². The second kappa shape index (κ2) is 12.8. The van der Waals surface area contributed by atoms with E-state index in [9.17, 15) is 4.79 Å². The van der Waals surface area contributed by atoms with E-state index in [1.165, 1.54) is 6.42 Å². The van der Waals surface area contributed by atoms with E-state index in [0.29, 0.717) is 18.3 Å². The van der Waals surface area contributed by atoms with E-state index in [4.69, 9.17) is 9.47 Å². The molecule has 1 aliphatic rings. The summed E-state index contributed by atoms with van der Waals surface area (Å²) in [7, 11) is 0. The molecule has 0 heterocycles. The Kier molecular flexibility index (Phi) is 11.2. The summed E-state index contributed by atoms with van der Waals surface area (Å²) in [5.74, 6) is 0.773. The average Bonchev–Trinajstić information content (AvgIpc) is 2.64. The van der Waals surface area contributed by atoms with Crippen LogP contribution in [-0.2, 0) is 4.74 Å². The number of rotatable bonds is 9. The molecule has 1 amide bonds. The number of halogens is 1. The van der Waals surface area contributed by atoms with Gasteiger partial charge in [-0.3, -0.25) is 10.2 Å². The minimum Gasteiger partial charge on any atom is -0.494 e. The molecule has 2 atom stereocenters. The van der Waals surface area contributed by atoms with Crippen LogP contribution in [-0.4, -0.2) is 42.8 Å². The monoisotopic (exact) mass is 398 g/mol. The molecule has 1 aromatic rings. The molecule has 2 rings (SSSR count). The first-order chi connectivity index (χ1) is 12.7. The molecule has 154 valence electrons. The maximum Gasteiger partial charge on any atom is 0.411 e. The number of carbonyl (C=O) groups is 1. The molecule has 5 nitrogen and oxygen atoms in total. The number of anilines is 1. The van der Waals surface area contributed by atoms with Crippen LogP contribution in [0.1, 0.15) is 59.3 Å². The fourth-order valence-electron chi connectivity index (χ4n) is 3.61. The molecular formula is C21H35ClN2O3. The number of likely N-dealkylation sites (N-methyl/N-ethyl adjacent to an activating group) is 1. The van der Waals surface area contributed by atoms with Crippen molar-refractivity contribution in [1.82, 2.24) is 4.90 Å². The number of hydrogen-bond acceptors (Lipinski definition) is 4. The summed E-state index contributed by atoms with van der Waals surface area (Å²) in [6.07, 6.45) is 6.08. The fourth-order valence-corrected chi connectivity index (χ4v) is 3.61. The van der Waals surface area contributed by atoms with Crippen molar-refractivity contribution in [3.8, 4) is 5.75 Å². The van der Waals surface area contributed by atoms with Gasteiger partial charge in [-0.1, -0.05) is 39.7 Å². The summed E-state index contributed by atoms with van der Waals surface area (Å²) in [6.45, 7) is 9.13. The third-order valence-corrected chi connectivity index (χ3v) is 5.05. The molecule has 6 heteroatoms. The second-order valence-electron chi connectivity index (χ2n) is 6.87. The molecule has 0 bridgehead atoms. The van der Waals surface area contributed by atoms with E-state index in [2.05, 4.69) is 31.0 Å². The van der Waals surface area contributed by atoms with Crippen LogP contribution in [0.4, 0.5) is 10.5 Å². The van der Waals surface area contributed by atoms with Gasteiger partial charge in [0, 0.05) is 17.8 Å². The van der Waals surface area contributed by atoms with Crippen LogP contribution in [0.2, 0.25) is 0 Å². The van der Waals surface area contributed by atoms with E-state index in [1.807, 2.05) is 24.3 Å². The van der Waals surface area contributed by atoms with Crippen molar-refractivity contribution in [2.75, 3.05) is 25.0 Å². The number of carbonyl (C=O) groups excluding carboxylic acids is 1. The lowest BCUT2D eigenvalue weighted by Gasteiger charge is -2.38. The summed E-state index contributed by atoms with van der Waals surface area (Å²) >= 11 is 0. The Labute approximate surface area is 170 Å². The molecule has 1 N–H and O–H groups in total. The van der Waals surface area contributed by atoms with Crippen LogP contribution in [0.3, 0.4) is 0 Å². The molecule has 0 aliphatic heterocycles. The molecule has 0 saturated heterocycles. The number of amides is 1. The number of nitrogens with zero attached hydrogens (tertiary/aromatic N) is 1. The van der Waals surface area contributed by atoms with E-state index >= 15 is 0 Å². The molecule has 0 unspecified atom stereocenters. The van der Waals surface area contributed by atoms with Gasteiger partial charge in [0.05, 0.1) is 6.61 Å². The van der Waals surface area contributed by atoms with Crippen LogP contribution in [0.25, 0.3) is 0 Å². The molecule has 1 fully saturated rings. The number of hydrogen-bond donors (Lipinski definition) is 1.